The van der Waals surface area contributed by atoms with Crippen LogP contribution in [0.15, 0.2) is 48.5 Å². The first-order chi connectivity index (χ1) is 14.9. The van der Waals surface area contributed by atoms with E-state index in [9.17, 15) is 9.18 Å². The molecule has 4 nitrogen and oxygen atoms in total. The van der Waals surface area contributed by atoms with Gasteiger partial charge in [-0.2, -0.15) is 0 Å². The molecule has 0 fully saturated rings. The fourth-order valence-corrected chi connectivity index (χ4v) is 4.09. The summed E-state index contributed by atoms with van der Waals surface area (Å²) in [7, 11) is 1.79. The molecule has 1 heterocycles. The number of halogens is 1. The summed E-state index contributed by atoms with van der Waals surface area (Å²) in [6.07, 6.45) is 3.37. The zero-order valence-electron chi connectivity index (χ0n) is 18.4. The maximum Gasteiger partial charge on any atom is 0.228 e. The van der Waals surface area contributed by atoms with Crippen molar-refractivity contribution < 1.29 is 9.18 Å². The van der Waals surface area contributed by atoms with E-state index < -0.39 is 0 Å². The summed E-state index contributed by atoms with van der Waals surface area (Å²) in [5, 5.41) is 0. The van der Waals surface area contributed by atoms with Gasteiger partial charge in [-0.15, -0.1) is 0 Å². The van der Waals surface area contributed by atoms with Gasteiger partial charge in [-0.25, -0.2) is 14.4 Å². The molecule has 5 heteroatoms. The molecule has 1 aromatic heterocycles. The summed E-state index contributed by atoms with van der Waals surface area (Å²) in [6.45, 7) is 4.08. The smallest absolute Gasteiger partial charge is 0.228 e. The standard InChI is InChI=1S/C26H28FN3O/c1-17(2)15-24(31)30(3)26-23(13-9-18-7-5-4-6-8-18)28-25-21-12-11-20(27)16-19(21)10-14-22(25)29-26/h4-8,11-12,16-17H,9-10,13-15H2,1-3H3. The number of carbonyl (C=O) groups excluding carboxylic acids is 1. The van der Waals surface area contributed by atoms with Gasteiger partial charge in [0.05, 0.1) is 17.1 Å². The van der Waals surface area contributed by atoms with Crippen LogP contribution in [0.2, 0.25) is 0 Å². The number of hydrogen-bond donors (Lipinski definition) is 0. The van der Waals surface area contributed by atoms with Crippen LogP contribution in [0.25, 0.3) is 11.3 Å². The Morgan fingerprint density at radius 3 is 2.58 bits per heavy atom. The average Bonchev–Trinajstić information content (AvgIpc) is 2.76. The number of aryl methyl sites for hydroxylation is 4. The van der Waals surface area contributed by atoms with E-state index in [0.717, 1.165) is 41.1 Å². The molecule has 0 radical (unpaired) electrons. The Labute approximate surface area is 183 Å². The third-order valence-electron chi connectivity index (χ3n) is 5.74. The second kappa shape index (κ2) is 8.96. The van der Waals surface area contributed by atoms with Crippen LogP contribution in [0, 0.1) is 11.7 Å². The first kappa shape index (κ1) is 21.2. The Morgan fingerprint density at radius 1 is 1.06 bits per heavy atom. The average molecular weight is 418 g/mol. The maximum atomic E-state index is 13.7. The van der Waals surface area contributed by atoms with Crippen molar-refractivity contribution in [2.75, 3.05) is 11.9 Å². The summed E-state index contributed by atoms with van der Waals surface area (Å²) in [6, 6.07) is 15.1. The molecule has 2 aromatic carbocycles. The van der Waals surface area contributed by atoms with Gasteiger partial charge >= 0.3 is 0 Å². The molecule has 1 amide bonds. The maximum absolute atomic E-state index is 13.7. The molecular formula is C26H28FN3O. The molecule has 1 aliphatic carbocycles. The van der Waals surface area contributed by atoms with Crippen molar-refractivity contribution in [3.8, 4) is 11.3 Å². The van der Waals surface area contributed by atoms with E-state index in [2.05, 4.69) is 12.1 Å². The minimum Gasteiger partial charge on any atom is -0.298 e. The molecule has 160 valence electrons. The van der Waals surface area contributed by atoms with Gasteiger partial charge in [-0.3, -0.25) is 9.69 Å². The van der Waals surface area contributed by atoms with Crippen molar-refractivity contribution in [3.05, 3.63) is 76.9 Å². The van der Waals surface area contributed by atoms with Gasteiger partial charge in [-0.1, -0.05) is 44.2 Å². The van der Waals surface area contributed by atoms with E-state index in [-0.39, 0.29) is 17.6 Å². The quantitative estimate of drug-likeness (QED) is 0.555. The normalized spacial score (nSPS) is 12.4. The highest BCUT2D eigenvalue weighted by Crippen LogP contribution is 2.34. The molecule has 0 N–H and O–H groups in total. The van der Waals surface area contributed by atoms with Crippen LogP contribution in [-0.4, -0.2) is 22.9 Å². The van der Waals surface area contributed by atoms with E-state index >= 15 is 0 Å². The molecule has 0 bridgehead atoms. The zero-order valence-corrected chi connectivity index (χ0v) is 18.4. The van der Waals surface area contributed by atoms with Gasteiger partial charge in [0.25, 0.3) is 0 Å². The van der Waals surface area contributed by atoms with Gasteiger partial charge in [0.2, 0.25) is 5.91 Å². The number of fused-ring (bicyclic) bond motifs is 3. The second-order valence-corrected chi connectivity index (χ2v) is 8.63. The molecule has 0 saturated heterocycles. The molecule has 3 aromatic rings. The predicted octanol–water partition coefficient (Wildman–Crippen LogP) is 5.18. The third kappa shape index (κ3) is 4.66. The lowest BCUT2D eigenvalue weighted by Gasteiger charge is -2.25. The predicted molar refractivity (Wildman–Crippen MR) is 122 cm³/mol. The Hall–Kier alpha value is -3.08. The van der Waals surface area contributed by atoms with Crippen LogP contribution in [0.4, 0.5) is 10.2 Å². The zero-order chi connectivity index (χ0) is 22.0. The van der Waals surface area contributed by atoms with Gasteiger partial charge < -0.3 is 0 Å². The molecule has 0 atom stereocenters. The van der Waals surface area contributed by atoms with Crippen molar-refractivity contribution in [2.45, 2.75) is 46.0 Å². The van der Waals surface area contributed by atoms with Gasteiger partial charge in [-0.05, 0) is 60.9 Å². The van der Waals surface area contributed by atoms with Gasteiger partial charge in [0.15, 0.2) is 5.82 Å². The van der Waals surface area contributed by atoms with Crippen molar-refractivity contribution >= 4 is 11.7 Å². The van der Waals surface area contributed by atoms with Crippen molar-refractivity contribution in [1.82, 2.24) is 9.97 Å². The lowest BCUT2D eigenvalue weighted by Crippen LogP contribution is -2.30. The number of anilines is 1. The number of rotatable bonds is 6. The lowest BCUT2D eigenvalue weighted by molar-refractivity contribution is -0.119. The fourth-order valence-electron chi connectivity index (χ4n) is 4.09. The van der Waals surface area contributed by atoms with E-state index in [1.165, 1.54) is 11.6 Å². The molecule has 0 saturated carbocycles. The van der Waals surface area contributed by atoms with E-state index in [0.29, 0.717) is 25.1 Å². The van der Waals surface area contributed by atoms with Crippen molar-refractivity contribution in [2.24, 2.45) is 5.92 Å². The van der Waals surface area contributed by atoms with Crippen LogP contribution in [0.1, 0.15) is 42.8 Å². The summed E-state index contributed by atoms with van der Waals surface area (Å²) < 4.78 is 13.7. The summed E-state index contributed by atoms with van der Waals surface area (Å²) >= 11 is 0. The lowest BCUT2D eigenvalue weighted by atomic mass is 9.91. The SMILES string of the molecule is CC(C)CC(=O)N(C)c1nc2c(nc1CCc1ccccc1)-c1ccc(F)cc1CC2. The van der Waals surface area contributed by atoms with Crippen LogP contribution < -0.4 is 4.90 Å². The van der Waals surface area contributed by atoms with Gasteiger partial charge in [0.1, 0.15) is 5.82 Å². The molecular weight excluding hydrogens is 389 g/mol. The second-order valence-electron chi connectivity index (χ2n) is 8.63. The molecule has 4 rings (SSSR count). The van der Waals surface area contributed by atoms with E-state index in [4.69, 9.17) is 9.97 Å². The van der Waals surface area contributed by atoms with Crippen molar-refractivity contribution in [1.29, 1.82) is 0 Å². The van der Waals surface area contributed by atoms with Crippen LogP contribution in [0.3, 0.4) is 0 Å². The van der Waals surface area contributed by atoms with Crippen molar-refractivity contribution in [3.63, 3.8) is 0 Å². The Kier molecular flexibility index (Phi) is 6.12. The first-order valence-corrected chi connectivity index (χ1v) is 10.9. The number of benzene rings is 2. The fraction of sp³-hybridized carbons (Fsp3) is 0.346. The highest BCUT2D eigenvalue weighted by atomic mass is 19.1. The molecule has 0 unspecified atom stereocenters. The van der Waals surface area contributed by atoms with Gasteiger partial charge in [0, 0.05) is 19.0 Å². The minimum absolute atomic E-state index is 0.0449. The van der Waals surface area contributed by atoms with E-state index in [1.807, 2.05) is 32.0 Å². The monoisotopic (exact) mass is 417 g/mol. The topological polar surface area (TPSA) is 46.1 Å². The number of aromatic nitrogens is 2. The van der Waals surface area contributed by atoms with E-state index in [1.54, 1.807) is 24.1 Å². The van der Waals surface area contributed by atoms with Crippen LogP contribution in [0.5, 0.6) is 0 Å². The molecule has 1 aliphatic rings. The number of nitrogens with zero attached hydrogens (tertiary/aromatic N) is 3. The molecule has 31 heavy (non-hydrogen) atoms. The highest BCUT2D eigenvalue weighted by molar-refractivity contribution is 5.92. The summed E-state index contributed by atoms with van der Waals surface area (Å²) in [5.74, 6) is 0.736. The third-order valence-corrected chi connectivity index (χ3v) is 5.74. The Morgan fingerprint density at radius 2 is 1.84 bits per heavy atom. The largest absolute Gasteiger partial charge is 0.298 e. The molecule has 0 spiro atoms. The highest BCUT2D eigenvalue weighted by Gasteiger charge is 2.25. The number of amides is 1. The van der Waals surface area contributed by atoms with Crippen LogP contribution in [-0.2, 0) is 30.5 Å². The summed E-state index contributed by atoms with van der Waals surface area (Å²) in [4.78, 5) is 24.4. The molecule has 0 aliphatic heterocycles. The number of hydrogen-bond acceptors (Lipinski definition) is 3. The summed E-state index contributed by atoms with van der Waals surface area (Å²) in [5.41, 5.74) is 5.62. The Balaban J connectivity index is 1.74. The van der Waals surface area contributed by atoms with Crippen LogP contribution >= 0.6 is 0 Å². The minimum atomic E-state index is -0.227. The number of carbonyl (C=O) groups is 1. The first-order valence-electron chi connectivity index (χ1n) is 10.9. The Bertz CT molecular complexity index is 1100.